The Bertz CT molecular complexity index is 592. The molecule has 0 amide bonds. The fourth-order valence-corrected chi connectivity index (χ4v) is 6.75. The van der Waals surface area contributed by atoms with E-state index in [4.69, 9.17) is 4.74 Å². The summed E-state index contributed by atoms with van der Waals surface area (Å²) in [6.45, 7) is 2.99. The Morgan fingerprint density at radius 2 is 1.83 bits per heavy atom. The molecular formula is C18H27N3O2S. The second-order valence-corrected chi connectivity index (χ2v) is 9.04. The highest BCUT2D eigenvalue weighted by molar-refractivity contribution is 7.99. The van der Waals surface area contributed by atoms with Crippen LogP contribution in [-0.4, -0.2) is 33.6 Å². The van der Waals surface area contributed by atoms with Gasteiger partial charge >= 0.3 is 5.97 Å². The average Bonchev–Trinajstić information content (AvgIpc) is 2.92. The molecule has 1 aromatic heterocycles. The fourth-order valence-electron chi connectivity index (χ4n) is 5.90. The van der Waals surface area contributed by atoms with Crippen molar-refractivity contribution in [2.45, 2.75) is 63.6 Å². The van der Waals surface area contributed by atoms with Gasteiger partial charge < -0.3 is 9.30 Å². The second-order valence-electron chi connectivity index (χ2n) is 8.10. The van der Waals surface area contributed by atoms with Crippen molar-refractivity contribution in [2.75, 3.05) is 12.9 Å². The summed E-state index contributed by atoms with van der Waals surface area (Å²) in [5.41, 5.74) is 0.471. The van der Waals surface area contributed by atoms with E-state index in [2.05, 4.69) is 21.7 Å². The molecule has 0 N–H and O–H groups in total. The number of carbonyl (C=O) groups excluding carboxylic acids is 1. The van der Waals surface area contributed by atoms with E-state index in [9.17, 15) is 4.79 Å². The highest BCUT2D eigenvalue weighted by Crippen LogP contribution is 2.60. The molecule has 24 heavy (non-hydrogen) atoms. The molecule has 4 saturated carbocycles. The second kappa shape index (κ2) is 6.36. The fraction of sp³-hybridized carbons (Fsp3) is 0.833. The third-order valence-electron chi connectivity index (χ3n) is 6.35. The molecule has 6 heteroatoms. The van der Waals surface area contributed by atoms with Gasteiger partial charge in [0.05, 0.1) is 12.9 Å². The van der Waals surface area contributed by atoms with Crippen molar-refractivity contribution in [3.05, 3.63) is 5.82 Å². The summed E-state index contributed by atoms with van der Waals surface area (Å²) in [6.07, 6.45) is 9.65. The van der Waals surface area contributed by atoms with E-state index < -0.39 is 0 Å². The van der Waals surface area contributed by atoms with Crippen molar-refractivity contribution in [1.82, 2.24) is 14.8 Å². The highest BCUT2D eigenvalue weighted by atomic mass is 32.2. The molecule has 0 unspecified atom stereocenters. The number of hydrogen-bond acceptors (Lipinski definition) is 5. The summed E-state index contributed by atoms with van der Waals surface area (Å²) in [5.74, 6) is 4.08. The zero-order valence-electron chi connectivity index (χ0n) is 14.7. The lowest BCUT2D eigenvalue weighted by atomic mass is 9.49. The topological polar surface area (TPSA) is 57.0 Å². The van der Waals surface area contributed by atoms with Gasteiger partial charge in [0.15, 0.2) is 5.16 Å². The average molecular weight is 350 g/mol. The molecule has 0 aliphatic heterocycles. The van der Waals surface area contributed by atoms with Gasteiger partial charge in [0, 0.05) is 13.0 Å². The highest BCUT2D eigenvalue weighted by Gasteiger charge is 2.51. The zero-order chi connectivity index (χ0) is 16.7. The van der Waals surface area contributed by atoms with Crippen LogP contribution in [0.25, 0.3) is 0 Å². The maximum absolute atomic E-state index is 11.4. The quantitative estimate of drug-likeness (QED) is 0.582. The Kier molecular flexibility index (Phi) is 4.35. The van der Waals surface area contributed by atoms with Crippen LogP contribution >= 0.6 is 11.8 Å². The number of nitrogens with zero attached hydrogens (tertiary/aromatic N) is 3. The van der Waals surface area contributed by atoms with Gasteiger partial charge in [-0.1, -0.05) is 11.8 Å². The summed E-state index contributed by atoms with van der Waals surface area (Å²) < 4.78 is 6.93. The van der Waals surface area contributed by atoms with Crippen LogP contribution in [0.1, 0.15) is 51.3 Å². The molecule has 0 spiro atoms. The molecule has 0 radical (unpaired) electrons. The number of hydrogen-bond donors (Lipinski definition) is 0. The van der Waals surface area contributed by atoms with Crippen LogP contribution in [0.4, 0.5) is 0 Å². The monoisotopic (exact) mass is 349 g/mol. The molecule has 0 aromatic carbocycles. The van der Waals surface area contributed by atoms with Crippen molar-refractivity contribution in [2.24, 2.45) is 23.2 Å². The predicted molar refractivity (Wildman–Crippen MR) is 92.7 cm³/mol. The number of ether oxygens (including phenoxy) is 1. The van der Waals surface area contributed by atoms with Crippen LogP contribution in [0.15, 0.2) is 5.16 Å². The standard InChI is InChI=1S/C18H27N3O2S/c1-3-21-15(19-20-17(21)24-11-16(22)23-2)10-18-7-12-4-13(8-18)6-14(5-12)9-18/h12-14H,3-11H2,1-2H3. The molecule has 4 bridgehead atoms. The molecule has 4 fully saturated rings. The molecule has 0 saturated heterocycles. The van der Waals surface area contributed by atoms with E-state index in [1.807, 2.05) is 0 Å². The number of methoxy groups -OCH3 is 1. The van der Waals surface area contributed by atoms with E-state index in [1.165, 1.54) is 57.4 Å². The van der Waals surface area contributed by atoms with Gasteiger partial charge in [0.25, 0.3) is 0 Å². The lowest BCUT2D eigenvalue weighted by Gasteiger charge is -2.56. The van der Waals surface area contributed by atoms with Crippen LogP contribution < -0.4 is 0 Å². The molecule has 4 aliphatic rings. The Morgan fingerprint density at radius 1 is 1.21 bits per heavy atom. The summed E-state index contributed by atoms with van der Waals surface area (Å²) >= 11 is 1.43. The molecule has 1 heterocycles. The van der Waals surface area contributed by atoms with E-state index >= 15 is 0 Å². The lowest BCUT2D eigenvalue weighted by molar-refractivity contribution is -0.137. The number of aromatic nitrogens is 3. The first-order chi connectivity index (χ1) is 11.6. The van der Waals surface area contributed by atoms with E-state index in [0.29, 0.717) is 11.2 Å². The van der Waals surface area contributed by atoms with Crippen molar-refractivity contribution in [3.63, 3.8) is 0 Å². The van der Waals surface area contributed by atoms with Crippen molar-refractivity contribution in [1.29, 1.82) is 0 Å². The lowest BCUT2D eigenvalue weighted by Crippen LogP contribution is -2.47. The third kappa shape index (κ3) is 2.98. The van der Waals surface area contributed by atoms with Crippen molar-refractivity contribution < 1.29 is 9.53 Å². The maximum atomic E-state index is 11.4. The van der Waals surface area contributed by atoms with Gasteiger partial charge in [-0.05, 0) is 68.6 Å². The van der Waals surface area contributed by atoms with E-state index in [0.717, 1.165) is 41.7 Å². The molecule has 1 aromatic rings. The normalized spacial score (nSPS) is 33.8. The molecule has 0 atom stereocenters. The van der Waals surface area contributed by atoms with Gasteiger partial charge in [0.2, 0.25) is 0 Å². The molecule has 132 valence electrons. The van der Waals surface area contributed by atoms with Gasteiger partial charge in [-0.3, -0.25) is 4.79 Å². The smallest absolute Gasteiger partial charge is 0.316 e. The van der Waals surface area contributed by atoms with Gasteiger partial charge in [-0.25, -0.2) is 0 Å². The predicted octanol–water partition coefficient (Wildman–Crippen LogP) is 3.32. The van der Waals surface area contributed by atoms with Crippen molar-refractivity contribution in [3.8, 4) is 0 Å². The molecule has 5 rings (SSSR count). The molecule has 5 nitrogen and oxygen atoms in total. The Balaban J connectivity index is 1.50. The van der Waals surface area contributed by atoms with Gasteiger partial charge in [0.1, 0.15) is 5.82 Å². The maximum Gasteiger partial charge on any atom is 0.316 e. The van der Waals surface area contributed by atoms with Crippen LogP contribution in [-0.2, 0) is 22.5 Å². The summed E-state index contributed by atoms with van der Waals surface area (Å²) in [5, 5.41) is 9.72. The minimum Gasteiger partial charge on any atom is -0.468 e. The first-order valence-corrected chi connectivity index (χ1v) is 10.2. The minimum atomic E-state index is -0.215. The Morgan fingerprint density at radius 3 is 2.38 bits per heavy atom. The SMILES string of the molecule is CCn1c(CC23CC4CC(CC(C4)C2)C3)nnc1SCC(=O)OC. The number of thioether (sulfide) groups is 1. The number of esters is 1. The first-order valence-electron chi connectivity index (χ1n) is 9.22. The first kappa shape index (κ1) is 16.4. The van der Waals surface area contributed by atoms with Crippen LogP contribution in [0, 0.1) is 23.2 Å². The Labute approximate surface area is 147 Å². The largest absolute Gasteiger partial charge is 0.468 e. The Hall–Kier alpha value is -1.04. The van der Waals surface area contributed by atoms with E-state index in [1.54, 1.807) is 0 Å². The third-order valence-corrected chi connectivity index (χ3v) is 7.29. The van der Waals surface area contributed by atoms with E-state index in [-0.39, 0.29) is 5.97 Å². The number of carbonyl (C=O) groups is 1. The van der Waals surface area contributed by atoms with Crippen LogP contribution in [0.5, 0.6) is 0 Å². The van der Waals surface area contributed by atoms with Gasteiger partial charge in [-0.15, -0.1) is 10.2 Å². The molecule has 4 aliphatic carbocycles. The van der Waals surface area contributed by atoms with Crippen LogP contribution in [0.2, 0.25) is 0 Å². The summed E-state index contributed by atoms with van der Waals surface area (Å²) in [7, 11) is 1.42. The van der Waals surface area contributed by atoms with Crippen LogP contribution in [0.3, 0.4) is 0 Å². The van der Waals surface area contributed by atoms with Gasteiger partial charge in [-0.2, -0.15) is 0 Å². The minimum absolute atomic E-state index is 0.215. The molecular weight excluding hydrogens is 322 g/mol. The number of rotatable bonds is 6. The summed E-state index contributed by atoms with van der Waals surface area (Å²) in [4.78, 5) is 11.4. The summed E-state index contributed by atoms with van der Waals surface area (Å²) in [6, 6.07) is 0. The zero-order valence-corrected chi connectivity index (χ0v) is 15.5. The van der Waals surface area contributed by atoms with Crippen molar-refractivity contribution >= 4 is 17.7 Å².